The lowest BCUT2D eigenvalue weighted by atomic mass is 10.2. The molecule has 3 nitrogen and oxygen atoms in total. The van der Waals surface area contributed by atoms with E-state index in [1.165, 1.54) is 7.11 Å². The van der Waals surface area contributed by atoms with Crippen molar-refractivity contribution in [3.05, 3.63) is 42.5 Å². The summed E-state index contributed by atoms with van der Waals surface area (Å²) in [6.45, 7) is 4.30. The zero-order valence-electron chi connectivity index (χ0n) is 10.9. The molecule has 3 heteroatoms. The molecule has 0 amide bonds. The number of benzene rings is 1. The number of carbonyl (C=O) groups excluding carboxylic acids is 1. The van der Waals surface area contributed by atoms with Crippen LogP contribution in [0, 0.1) is 0 Å². The molecule has 1 rings (SSSR count). The molecule has 0 atom stereocenters. The van der Waals surface area contributed by atoms with Crippen molar-refractivity contribution in [2.75, 3.05) is 13.7 Å². The highest BCUT2D eigenvalue weighted by molar-refractivity contribution is 5.92. The zero-order chi connectivity index (χ0) is 13.2. The molecule has 18 heavy (non-hydrogen) atoms. The fraction of sp³-hybridized carbons (Fsp3) is 0.400. The van der Waals surface area contributed by atoms with Crippen LogP contribution in [-0.4, -0.2) is 19.7 Å². The molecular formula is C15H20O3. The Bertz CT molecular complexity index is 385. The molecule has 0 radical (unpaired) electrons. The Labute approximate surface area is 108 Å². The van der Waals surface area contributed by atoms with Gasteiger partial charge in [0, 0.05) is 0 Å². The third-order valence-electron chi connectivity index (χ3n) is 2.60. The van der Waals surface area contributed by atoms with Crippen molar-refractivity contribution in [1.82, 2.24) is 0 Å². The van der Waals surface area contributed by atoms with E-state index in [4.69, 9.17) is 9.47 Å². The third kappa shape index (κ3) is 4.62. The maximum atomic E-state index is 11.5. The molecule has 1 aromatic carbocycles. The second kappa shape index (κ2) is 8.34. The van der Waals surface area contributed by atoms with E-state index in [-0.39, 0.29) is 5.97 Å². The maximum absolute atomic E-state index is 11.5. The summed E-state index contributed by atoms with van der Waals surface area (Å²) in [6.07, 6.45) is 6.17. The summed E-state index contributed by atoms with van der Waals surface area (Å²) in [7, 11) is 1.37. The Morgan fingerprint density at radius 2 is 2.06 bits per heavy atom. The van der Waals surface area contributed by atoms with Crippen LogP contribution in [0.25, 0.3) is 0 Å². The van der Waals surface area contributed by atoms with Gasteiger partial charge in [-0.1, -0.05) is 18.2 Å². The Hall–Kier alpha value is -1.77. The monoisotopic (exact) mass is 248 g/mol. The van der Waals surface area contributed by atoms with Gasteiger partial charge < -0.3 is 9.47 Å². The number of hydrogen-bond donors (Lipinski definition) is 0. The average Bonchev–Trinajstić information content (AvgIpc) is 2.42. The van der Waals surface area contributed by atoms with Gasteiger partial charge in [0.15, 0.2) is 0 Å². The van der Waals surface area contributed by atoms with Gasteiger partial charge in [-0.3, -0.25) is 0 Å². The van der Waals surface area contributed by atoms with Crippen LogP contribution >= 0.6 is 0 Å². The van der Waals surface area contributed by atoms with E-state index >= 15 is 0 Å². The van der Waals surface area contributed by atoms with Crippen LogP contribution in [0.2, 0.25) is 0 Å². The van der Waals surface area contributed by atoms with Gasteiger partial charge in [0.2, 0.25) is 0 Å². The summed E-state index contributed by atoms with van der Waals surface area (Å²) in [4.78, 5) is 11.5. The highest BCUT2D eigenvalue weighted by atomic mass is 16.5. The number of hydrogen-bond acceptors (Lipinski definition) is 3. The lowest BCUT2D eigenvalue weighted by Crippen LogP contribution is -2.06. The van der Waals surface area contributed by atoms with Gasteiger partial charge in [-0.2, -0.15) is 0 Å². The number of ether oxygens (including phenoxy) is 2. The fourth-order valence-electron chi connectivity index (χ4n) is 1.62. The smallest absolute Gasteiger partial charge is 0.341 e. The topological polar surface area (TPSA) is 35.5 Å². The predicted molar refractivity (Wildman–Crippen MR) is 71.9 cm³/mol. The molecule has 0 unspecified atom stereocenters. The number of rotatable bonds is 8. The average molecular weight is 248 g/mol. The van der Waals surface area contributed by atoms with Crippen LogP contribution < -0.4 is 4.74 Å². The minimum absolute atomic E-state index is 0.364. The summed E-state index contributed by atoms with van der Waals surface area (Å²) in [5, 5.41) is 0. The normalized spacial score (nSPS) is 9.83. The van der Waals surface area contributed by atoms with E-state index in [1.54, 1.807) is 18.2 Å². The van der Waals surface area contributed by atoms with Gasteiger partial charge in [0.05, 0.1) is 13.7 Å². The number of methoxy groups -OCH3 is 1. The van der Waals surface area contributed by atoms with Crippen molar-refractivity contribution < 1.29 is 14.3 Å². The second-order valence-electron chi connectivity index (χ2n) is 3.97. The van der Waals surface area contributed by atoms with Gasteiger partial charge in [0.25, 0.3) is 0 Å². The highest BCUT2D eigenvalue weighted by Gasteiger charge is 2.11. The van der Waals surface area contributed by atoms with Crippen molar-refractivity contribution in [3.63, 3.8) is 0 Å². The molecule has 0 aliphatic heterocycles. The SMILES string of the molecule is C=CCCCCCOc1ccccc1C(=O)OC. The molecule has 0 saturated carbocycles. The predicted octanol–water partition coefficient (Wildman–Crippen LogP) is 3.60. The Balaban J connectivity index is 2.42. The number of unbranched alkanes of at least 4 members (excludes halogenated alkanes) is 3. The van der Waals surface area contributed by atoms with E-state index in [0.717, 1.165) is 25.7 Å². The van der Waals surface area contributed by atoms with Crippen molar-refractivity contribution >= 4 is 5.97 Å². The quantitative estimate of drug-likeness (QED) is 0.400. The van der Waals surface area contributed by atoms with Gasteiger partial charge in [-0.25, -0.2) is 4.79 Å². The minimum atomic E-state index is -0.364. The standard InChI is InChI=1S/C15H20O3/c1-3-4-5-6-9-12-18-14-11-8-7-10-13(14)15(16)17-2/h3,7-8,10-11H,1,4-6,9,12H2,2H3. The van der Waals surface area contributed by atoms with Crippen LogP contribution in [0.4, 0.5) is 0 Å². The van der Waals surface area contributed by atoms with E-state index in [9.17, 15) is 4.79 Å². The van der Waals surface area contributed by atoms with Crippen LogP contribution in [-0.2, 0) is 4.74 Å². The largest absolute Gasteiger partial charge is 0.493 e. The molecule has 0 N–H and O–H groups in total. The second-order valence-corrected chi connectivity index (χ2v) is 3.97. The Morgan fingerprint density at radius 3 is 2.78 bits per heavy atom. The molecule has 0 aromatic heterocycles. The van der Waals surface area contributed by atoms with Crippen molar-refractivity contribution in [2.45, 2.75) is 25.7 Å². The van der Waals surface area contributed by atoms with Gasteiger partial charge in [-0.05, 0) is 37.8 Å². The summed E-state index contributed by atoms with van der Waals surface area (Å²) in [6, 6.07) is 7.14. The van der Waals surface area contributed by atoms with E-state index in [0.29, 0.717) is 17.9 Å². The summed E-state index contributed by atoms with van der Waals surface area (Å²) < 4.78 is 10.3. The van der Waals surface area contributed by atoms with E-state index in [1.807, 2.05) is 12.1 Å². The number of allylic oxidation sites excluding steroid dienone is 1. The van der Waals surface area contributed by atoms with Crippen LogP contribution in [0.15, 0.2) is 36.9 Å². The first-order valence-corrected chi connectivity index (χ1v) is 6.20. The third-order valence-corrected chi connectivity index (χ3v) is 2.60. The molecule has 0 spiro atoms. The van der Waals surface area contributed by atoms with Gasteiger partial charge >= 0.3 is 5.97 Å². The zero-order valence-corrected chi connectivity index (χ0v) is 10.9. The van der Waals surface area contributed by atoms with Crippen LogP contribution in [0.1, 0.15) is 36.0 Å². The molecule has 1 aromatic rings. The first-order chi connectivity index (χ1) is 8.79. The molecule has 98 valence electrons. The summed E-state index contributed by atoms with van der Waals surface area (Å²) in [5.74, 6) is 0.227. The first-order valence-electron chi connectivity index (χ1n) is 6.20. The van der Waals surface area contributed by atoms with Crippen LogP contribution in [0.5, 0.6) is 5.75 Å². The fourth-order valence-corrected chi connectivity index (χ4v) is 1.62. The molecule has 0 fully saturated rings. The Morgan fingerprint density at radius 1 is 1.28 bits per heavy atom. The summed E-state index contributed by atoms with van der Waals surface area (Å²) in [5.41, 5.74) is 0.478. The molecule has 0 aliphatic carbocycles. The molecular weight excluding hydrogens is 228 g/mol. The maximum Gasteiger partial charge on any atom is 0.341 e. The van der Waals surface area contributed by atoms with Gasteiger partial charge in [-0.15, -0.1) is 6.58 Å². The van der Waals surface area contributed by atoms with Crippen molar-refractivity contribution in [3.8, 4) is 5.75 Å². The first kappa shape index (κ1) is 14.3. The lowest BCUT2D eigenvalue weighted by molar-refractivity contribution is 0.0596. The summed E-state index contributed by atoms with van der Waals surface area (Å²) >= 11 is 0. The van der Waals surface area contributed by atoms with E-state index < -0.39 is 0 Å². The van der Waals surface area contributed by atoms with Crippen molar-refractivity contribution in [2.24, 2.45) is 0 Å². The number of para-hydroxylation sites is 1. The van der Waals surface area contributed by atoms with Crippen LogP contribution in [0.3, 0.4) is 0 Å². The molecule has 0 aliphatic rings. The van der Waals surface area contributed by atoms with Crippen molar-refractivity contribution in [1.29, 1.82) is 0 Å². The lowest BCUT2D eigenvalue weighted by Gasteiger charge is -2.09. The number of carbonyl (C=O) groups is 1. The molecule has 0 heterocycles. The highest BCUT2D eigenvalue weighted by Crippen LogP contribution is 2.19. The molecule has 0 bridgehead atoms. The Kier molecular flexibility index (Phi) is 6.62. The molecule has 0 saturated heterocycles. The number of esters is 1. The van der Waals surface area contributed by atoms with E-state index in [2.05, 4.69) is 6.58 Å². The minimum Gasteiger partial charge on any atom is -0.493 e. The van der Waals surface area contributed by atoms with Gasteiger partial charge in [0.1, 0.15) is 11.3 Å².